The van der Waals surface area contributed by atoms with Crippen LogP contribution >= 0.6 is 0 Å². The van der Waals surface area contributed by atoms with Crippen molar-refractivity contribution in [3.05, 3.63) is 83.1 Å². The van der Waals surface area contributed by atoms with Crippen molar-refractivity contribution in [2.24, 2.45) is 5.41 Å². The Kier molecular flexibility index (Phi) is 8.14. The molecule has 0 spiro atoms. The molecule has 0 radical (unpaired) electrons. The molecule has 0 unspecified atom stereocenters. The smallest absolute Gasteiger partial charge is 0.335 e. The number of nitriles is 2. The fourth-order valence-corrected chi connectivity index (χ4v) is 5.67. The second kappa shape index (κ2) is 12.3. The van der Waals surface area contributed by atoms with Gasteiger partial charge >= 0.3 is 5.97 Å². The van der Waals surface area contributed by atoms with E-state index in [1.165, 1.54) is 12.1 Å². The maximum Gasteiger partial charge on any atom is 0.335 e. The third-order valence-electron chi connectivity index (χ3n) is 8.38. The summed E-state index contributed by atoms with van der Waals surface area (Å²) in [4.78, 5) is 23.4. The number of carboxylic acid groups (broad SMARTS) is 1. The summed E-state index contributed by atoms with van der Waals surface area (Å²) in [6.07, 6.45) is 4.00. The number of benzene rings is 2. The summed E-state index contributed by atoms with van der Waals surface area (Å²) < 4.78 is 28.1. The van der Waals surface area contributed by atoms with Gasteiger partial charge < -0.3 is 19.1 Å². The van der Waals surface area contributed by atoms with E-state index in [0.29, 0.717) is 31.1 Å². The van der Waals surface area contributed by atoms with E-state index in [4.69, 9.17) is 19.7 Å². The Hall–Kier alpha value is -5.00. The molecule has 0 amide bonds. The lowest BCUT2D eigenvalue weighted by Gasteiger charge is -2.32. The van der Waals surface area contributed by atoms with Gasteiger partial charge in [-0.3, -0.25) is 4.90 Å². The van der Waals surface area contributed by atoms with E-state index < -0.39 is 11.8 Å². The van der Waals surface area contributed by atoms with Crippen LogP contribution in [0.1, 0.15) is 59.5 Å². The lowest BCUT2D eigenvalue weighted by molar-refractivity contribution is 0.0697. The van der Waals surface area contributed by atoms with Crippen molar-refractivity contribution >= 4 is 17.0 Å². The van der Waals surface area contributed by atoms with Gasteiger partial charge in [0.15, 0.2) is 11.6 Å². The molecule has 11 heteroatoms. The summed E-state index contributed by atoms with van der Waals surface area (Å²) in [5, 5.41) is 27.8. The van der Waals surface area contributed by atoms with Crippen molar-refractivity contribution in [1.82, 2.24) is 19.4 Å². The minimum atomic E-state index is -0.978. The molecule has 44 heavy (non-hydrogen) atoms. The number of aromatic carboxylic acids is 1. The Balaban J connectivity index is 1.08. The van der Waals surface area contributed by atoms with Crippen LogP contribution in [0.5, 0.6) is 11.6 Å². The molecule has 6 rings (SSSR count). The number of halogens is 1. The second-order valence-electron chi connectivity index (χ2n) is 11.6. The highest BCUT2D eigenvalue weighted by Gasteiger charge is 2.43. The van der Waals surface area contributed by atoms with E-state index in [1.807, 2.05) is 12.1 Å². The minimum absolute atomic E-state index is 0.0202. The highest BCUT2D eigenvalue weighted by atomic mass is 19.1. The Bertz CT molecular complexity index is 1780. The van der Waals surface area contributed by atoms with Gasteiger partial charge in [0.1, 0.15) is 18.5 Å². The molecule has 2 aromatic heterocycles. The van der Waals surface area contributed by atoms with Gasteiger partial charge in [-0.2, -0.15) is 10.5 Å². The van der Waals surface area contributed by atoms with E-state index in [-0.39, 0.29) is 35.0 Å². The van der Waals surface area contributed by atoms with Crippen molar-refractivity contribution in [1.29, 1.82) is 10.5 Å². The zero-order valence-corrected chi connectivity index (χ0v) is 24.1. The molecule has 224 valence electrons. The number of fused-ring (bicyclic) bond motifs is 1. The van der Waals surface area contributed by atoms with E-state index in [0.717, 1.165) is 61.7 Å². The normalized spacial score (nSPS) is 16.2. The highest BCUT2D eigenvalue weighted by molar-refractivity contribution is 5.92. The molecule has 10 nitrogen and oxygen atoms in total. The van der Waals surface area contributed by atoms with Crippen molar-refractivity contribution in [2.45, 2.75) is 57.9 Å². The molecular weight excluding hydrogens is 563 g/mol. The van der Waals surface area contributed by atoms with Crippen molar-refractivity contribution in [2.75, 3.05) is 13.1 Å². The Morgan fingerprint density at radius 3 is 2.61 bits per heavy atom. The topological polar surface area (TPSA) is 137 Å². The van der Waals surface area contributed by atoms with Crippen LogP contribution < -0.4 is 9.47 Å². The lowest BCUT2D eigenvalue weighted by Crippen LogP contribution is -2.38. The molecule has 0 bridgehead atoms. The van der Waals surface area contributed by atoms with Crippen LogP contribution in [-0.4, -0.2) is 49.7 Å². The van der Waals surface area contributed by atoms with E-state index in [9.17, 15) is 19.6 Å². The Morgan fingerprint density at radius 2 is 1.91 bits per heavy atom. The van der Waals surface area contributed by atoms with Gasteiger partial charge in [0.05, 0.1) is 46.5 Å². The van der Waals surface area contributed by atoms with Crippen LogP contribution in [0, 0.1) is 33.9 Å². The summed E-state index contributed by atoms with van der Waals surface area (Å²) >= 11 is 0. The first kappa shape index (κ1) is 29.1. The van der Waals surface area contributed by atoms with Gasteiger partial charge in [-0.25, -0.2) is 19.2 Å². The van der Waals surface area contributed by atoms with Gasteiger partial charge in [-0.05, 0) is 68.1 Å². The predicted molar refractivity (Wildman–Crippen MR) is 157 cm³/mol. The van der Waals surface area contributed by atoms with Gasteiger partial charge in [-0.1, -0.05) is 6.07 Å². The van der Waals surface area contributed by atoms with E-state index >= 15 is 0 Å². The average Bonchev–Trinajstić information content (AvgIpc) is 3.71. The maximum atomic E-state index is 14.2. The van der Waals surface area contributed by atoms with E-state index in [2.05, 4.69) is 20.5 Å². The molecule has 0 atom stereocenters. The van der Waals surface area contributed by atoms with Gasteiger partial charge in [0.2, 0.25) is 5.88 Å². The summed E-state index contributed by atoms with van der Waals surface area (Å²) in [5.41, 5.74) is 2.52. The number of ether oxygens (including phenoxy) is 2. The molecule has 2 fully saturated rings. The van der Waals surface area contributed by atoms with Crippen molar-refractivity contribution < 1.29 is 23.8 Å². The molecule has 2 aromatic carbocycles. The van der Waals surface area contributed by atoms with Crippen LogP contribution in [-0.2, 0) is 19.7 Å². The van der Waals surface area contributed by atoms with Crippen LogP contribution in [0.3, 0.4) is 0 Å². The third-order valence-corrected chi connectivity index (χ3v) is 8.38. The number of pyridine rings is 1. The SMILES string of the molecule is N#CCC1(Cn2c(CN3CCC(Oc4cccc(COc5ccc(C#N)cc5F)n4)CC3)nc3ccc(C(=O)O)cc32)CC1. The standard InChI is InChI=1S/C33H31FN6O4/c34-26-16-22(18-36)4-7-29(26)43-20-24-2-1-3-31(37-24)44-25-8-14-39(15-9-25)19-30-38-27-6-5-23(32(41)42)17-28(27)40(30)21-33(10-11-33)12-13-35/h1-7,16-17,25H,8-12,14-15,19-21H2,(H,41,42). The fraction of sp³-hybridized carbons (Fsp3) is 0.364. The molecule has 4 aromatic rings. The van der Waals surface area contributed by atoms with Gasteiger partial charge in [0.25, 0.3) is 0 Å². The molecule has 1 saturated heterocycles. The lowest BCUT2D eigenvalue weighted by atomic mass is 10.0. The average molecular weight is 595 g/mol. The van der Waals surface area contributed by atoms with Crippen LogP contribution in [0.2, 0.25) is 0 Å². The number of carbonyl (C=O) groups is 1. The molecular formula is C33H31FN6O4. The number of imidazole rings is 1. The molecule has 3 heterocycles. The first-order chi connectivity index (χ1) is 21.3. The Labute approximate surface area is 253 Å². The number of likely N-dealkylation sites (tertiary alicyclic amines) is 1. The first-order valence-corrected chi connectivity index (χ1v) is 14.6. The summed E-state index contributed by atoms with van der Waals surface area (Å²) in [7, 11) is 0. The van der Waals surface area contributed by atoms with Crippen molar-refractivity contribution in [3.8, 4) is 23.8 Å². The fourth-order valence-electron chi connectivity index (χ4n) is 5.67. The number of hydrogen-bond donors (Lipinski definition) is 1. The molecule has 2 aliphatic rings. The minimum Gasteiger partial charge on any atom is -0.484 e. The molecule has 1 aliphatic heterocycles. The zero-order chi connectivity index (χ0) is 30.7. The quantitative estimate of drug-likeness (QED) is 0.240. The maximum absolute atomic E-state index is 14.2. The number of hydrogen-bond acceptors (Lipinski definition) is 8. The monoisotopic (exact) mass is 594 g/mol. The zero-order valence-electron chi connectivity index (χ0n) is 24.1. The highest BCUT2D eigenvalue weighted by Crippen LogP contribution is 2.50. The third kappa shape index (κ3) is 6.48. The van der Waals surface area contributed by atoms with Gasteiger partial charge in [-0.15, -0.1) is 0 Å². The largest absolute Gasteiger partial charge is 0.484 e. The molecule has 1 aliphatic carbocycles. The predicted octanol–water partition coefficient (Wildman–Crippen LogP) is 5.46. The summed E-state index contributed by atoms with van der Waals surface area (Å²) in [6.45, 7) is 2.90. The van der Waals surface area contributed by atoms with Crippen LogP contribution in [0.4, 0.5) is 4.39 Å². The van der Waals surface area contributed by atoms with Crippen molar-refractivity contribution in [3.63, 3.8) is 0 Å². The number of nitrogens with zero attached hydrogens (tertiary/aromatic N) is 6. The summed E-state index contributed by atoms with van der Waals surface area (Å²) in [5.74, 6) is -0.169. The second-order valence-corrected chi connectivity index (χ2v) is 11.6. The number of aromatic nitrogens is 3. The molecule has 1 N–H and O–H groups in total. The number of carboxylic acids is 1. The van der Waals surface area contributed by atoms with E-state index in [1.54, 1.807) is 30.3 Å². The number of rotatable bonds is 11. The van der Waals surface area contributed by atoms with Crippen LogP contribution in [0.25, 0.3) is 11.0 Å². The molecule has 1 saturated carbocycles. The van der Waals surface area contributed by atoms with Gasteiger partial charge in [0, 0.05) is 37.5 Å². The van der Waals surface area contributed by atoms with Crippen LogP contribution in [0.15, 0.2) is 54.6 Å². The Morgan fingerprint density at radius 1 is 1.09 bits per heavy atom. The number of piperidine rings is 1. The first-order valence-electron chi connectivity index (χ1n) is 14.6. The summed E-state index contributed by atoms with van der Waals surface area (Å²) in [6, 6.07) is 18.7.